The number of hydrogen-bond acceptors (Lipinski definition) is 4. The molecule has 1 amide bonds. The zero-order valence-corrected chi connectivity index (χ0v) is 19.9. The molecule has 0 fully saturated rings. The molecule has 174 valence electrons. The second kappa shape index (κ2) is 10.9. The minimum absolute atomic E-state index is 0.260. The van der Waals surface area contributed by atoms with Crippen LogP contribution >= 0.6 is 11.6 Å². The monoisotopic (exact) mass is 475 g/mol. The molecule has 4 rings (SSSR count). The number of aromatic nitrogens is 2. The van der Waals surface area contributed by atoms with Gasteiger partial charge in [-0.05, 0) is 41.8 Å². The Morgan fingerprint density at radius 2 is 1.62 bits per heavy atom. The summed E-state index contributed by atoms with van der Waals surface area (Å²) in [7, 11) is 1.72. The SMILES string of the molecule is CCc1nn(C)c(C(=O)NCc2ccc(Oc3ccccc3OCc3ccccc3)cc2)c1Cl. The lowest BCUT2D eigenvalue weighted by atomic mass is 10.2. The Balaban J connectivity index is 1.36. The molecule has 4 aromatic rings. The summed E-state index contributed by atoms with van der Waals surface area (Å²) in [5.41, 5.74) is 3.10. The van der Waals surface area contributed by atoms with E-state index in [0.717, 1.165) is 11.1 Å². The highest BCUT2D eigenvalue weighted by molar-refractivity contribution is 6.34. The third kappa shape index (κ3) is 5.58. The standard InChI is InChI=1S/C27H26ClN3O3/c1-3-22-25(28)26(31(2)30-22)27(32)29-17-19-13-15-21(16-14-19)34-24-12-8-7-11-23(24)33-18-20-9-5-4-6-10-20/h4-16H,3,17-18H2,1-2H3,(H,29,32). The summed E-state index contributed by atoms with van der Waals surface area (Å²) < 4.78 is 13.5. The van der Waals surface area contributed by atoms with Crippen molar-refractivity contribution in [2.75, 3.05) is 0 Å². The molecule has 0 saturated carbocycles. The zero-order chi connectivity index (χ0) is 23.9. The molecule has 1 N–H and O–H groups in total. The van der Waals surface area contributed by atoms with Crippen molar-refractivity contribution in [3.63, 3.8) is 0 Å². The Hall–Kier alpha value is -3.77. The van der Waals surface area contributed by atoms with Crippen molar-refractivity contribution in [2.24, 2.45) is 7.05 Å². The second-order valence-corrected chi connectivity index (χ2v) is 8.11. The number of aryl methyl sites for hydroxylation is 2. The Labute approximate surface area is 204 Å². The Morgan fingerprint density at radius 1 is 0.941 bits per heavy atom. The van der Waals surface area contributed by atoms with Gasteiger partial charge in [-0.1, -0.05) is 73.1 Å². The van der Waals surface area contributed by atoms with Crippen molar-refractivity contribution in [1.82, 2.24) is 15.1 Å². The van der Waals surface area contributed by atoms with Crippen LogP contribution in [0.3, 0.4) is 0 Å². The van der Waals surface area contributed by atoms with Crippen LogP contribution in [-0.2, 0) is 26.6 Å². The lowest BCUT2D eigenvalue weighted by molar-refractivity contribution is 0.0941. The van der Waals surface area contributed by atoms with E-state index in [-0.39, 0.29) is 5.91 Å². The molecular weight excluding hydrogens is 450 g/mol. The van der Waals surface area contributed by atoms with Crippen molar-refractivity contribution >= 4 is 17.5 Å². The Kier molecular flexibility index (Phi) is 7.50. The molecule has 0 saturated heterocycles. The first-order chi connectivity index (χ1) is 16.5. The van der Waals surface area contributed by atoms with Crippen LogP contribution in [0.4, 0.5) is 0 Å². The van der Waals surface area contributed by atoms with Gasteiger partial charge in [0.05, 0.1) is 10.7 Å². The van der Waals surface area contributed by atoms with E-state index in [0.29, 0.717) is 53.2 Å². The normalized spacial score (nSPS) is 10.7. The Bertz CT molecular complexity index is 1250. The molecule has 0 spiro atoms. The number of para-hydroxylation sites is 2. The van der Waals surface area contributed by atoms with Crippen LogP contribution < -0.4 is 14.8 Å². The fourth-order valence-electron chi connectivity index (χ4n) is 3.48. The van der Waals surface area contributed by atoms with Gasteiger partial charge in [0, 0.05) is 13.6 Å². The summed E-state index contributed by atoms with van der Waals surface area (Å²) in [4.78, 5) is 12.6. The van der Waals surface area contributed by atoms with Crippen LogP contribution in [0, 0.1) is 0 Å². The number of nitrogens with zero attached hydrogens (tertiary/aromatic N) is 2. The maximum Gasteiger partial charge on any atom is 0.271 e. The number of hydrogen-bond donors (Lipinski definition) is 1. The van der Waals surface area contributed by atoms with Crippen molar-refractivity contribution in [3.8, 4) is 17.2 Å². The first kappa shape index (κ1) is 23.4. The first-order valence-electron chi connectivity index (χ1n) is 11.1. The number of amides is 1. The van der Waals surface area contributed by atoms with Gasteiger partial charge >= 0.3 is 0 Å². The van der Waals surface area contributed by atoms with E-state index < -0.39 is 0 Å². The van der Waals surface area contributed by atoms with Crippen LogP contribution in [0.25, 0.3) is 0 Å². The summed E-state index contributed by atoms with van der Waals surface area (Å²) >= 11 is 6.30. The van der Waals surface area contributed by atoms with E-state index in [2.05, 4.69) is 10.4 Å². The number of halogens is 1. The van der Waals surface area contributed by atoms with Crippen molar-refractivity contribution < 1.29 is 14.3 Å². The predicted molar refractivity (Wildman–Crippen MR) is 132 cm³/mol. The molecule has 0 aliphatic rings. The lowest BCUT2D eigenvalue weighted by Crippen LogP contribution is -2.25. The topological polar surface area (TPSA) is 65.4 Å². The molecule has 0 aliphatic carbocycles. The third-order valence-corrected chi connectivity index (χ3v) is 5.69. The average Bonchev–Trinajstić information content (AvgIpc) is 3.16. The van der Waals surface area contributed by atoms with Crippen LogP contribution in [0.15, 0.2) is 78.9 Å². The van der Waals surface area contributed by atoms with Gasteiger partial charge in [-0.25, -0.2) is 0 Å². The highest BCUT2D eigenvalue weighted by Crippen LogP contribution is 2.32. The van der Waals surface area contributed by atoms with Gasteiger partial charge in [0.2, 0.25) is 0 Å². The van der Waals surface area contributed by atoms with E-state index in [1.807, 2.05) is 85.8 Å². The number of carbonyl (C=O) groups is 1. The molecule has 0 radical (unpaired) electrons. The van der Waals surface area contributed by atoms with Crippen molar-refractivity contribution in [1.29, 1.82) is 0 Å². The fourth-order valence-corrected chi connectivity index (χ4v) is 3.86. The third-order valence-electron chi connectivity index (χ3n) is 5.30. The molecule has 1 heterocycles. The van der Waals surface area contributed by atoms with Crippen LogP contribution in [-0.4, -0.2) is 15.7 Å². The van der Waals surface area contributed by atoms with E-state index >= 15 is 0 Å². The highest BCUT2D eigenvalue weighted by Gasteiger charge is 2.19. The van der Waals surface area contributed by atoms with E-state index in [4.69, 9.17) is 21.1 Å². The minimum Gasteiger partial charge on any atom is -0.485 e. The molecule has 6 nitrogen and oxygen atoms in total. The molecule has 7 heteroatoms. The van der Waals surface area contributed by atoms with Crippen molar-refractivity contribution in [2.45, 2.75) is 26.5 Å². The molecule has 0 atom stereocenters. The van der Waals surface area contributed by atoms with Crippen LogP contribution in [0.2, 0.25) is 5.02 Å². The van der Waals surface area contributed by atoms with Crippen molar-refractivity contribution in [3.05, 3.63) is 106 Å². The van der Waals surface area contributed by atoms with Crippen LogP contribution in [0.5, 0.6) is 17.2 Å². The number of nitrogens with one attached hydrogen (secondary N) is 1. The van der Waals surface area contributed by atoms with E-state index in [1.165, 1.54) is 4.68 Å². The van der Waals surface area contributed by atoms with E-state index in [1.54, 1.807) is 7.05 Å². The lowest BCUT2D eigenvalue weighted by Gasteiger charge is -2.13. The van der Waals surface area contributed by atoms with Gasteiger partial charge in [0.15, 0.2) is 11.5 Å². The quantitative estimate of drug-likeness (QED) is 0.325. The molecule has 34 heavy (non-hydrogen) atoms. The van der Waals surface area contributed by atoms with E-state index in [9.17, 15) is 4.79 Å². The molecule has 0 bridgehead atoms. The predicted octanol–water partition coefficient (Wildman–Crippen LogP) is 5.94. The first-order valence-corrected chi connectivity index (χ1v) is 11.4. The maximum atomic E-state index is 12.6. The number of ether oxygens (including phenoxy) is 2. The molecule has 0 unspecified atom stereocenters. The second-order valence-electron chi connectivity index (χ2n) is 7.74. The highest BCUT2D eigenvalue weighted by atomic mass is 35.5. The maximum absolute atomic E-state index is 12.6. The molecule has 3 aromatic carbocycles. The largest absolute Gasteiger partial charge is 0.485 e. The molecule has 0 aliphatic heterocycles. The number of benzene rings is 3. The summed E-state index contributed by atoms with van der Waals surface area (Å²) in [6, 6.07) is 25.1. The van der Waals surface area contributed by atoms with Crippen LogP contribution in [0.1, 0.15) is 34.2 Å². The van der Waals surface area contributed by atoms with Gasteiger partial charge in [-0.15, -0.1) is 0 Å². The fraction of sp³-hybridized carbons (Fsp3) is 0.185. The average molecular weight is 476 g/mol. The zero-order valence-electron chi connectivity index (χ0n) is 19.1. The number of carbonyl (C=O) groups excluding carboxylic acids is 1. The van der Waals surface area contributed by atoms with Gasteiger partial charge < -0.3 is 14.8 Å². The smallest absolute Gasteiger partial charge is 0.271 e. The molecule has 1 aromatic heterocycles. The van der Waals surface area contributed by atoms with Gasteiger partial charge in [-0.2, -0.15) is 5.10 Å². The number of rotatable bonds is 9. The van der Waals surface area contributed by atoms with Gasteiger partial charge in [0.1, 0.15) is 18.1 Å². The summed E-state index contributed by atoms with van der Waals surface area (Å²) in [6.07, 6.45) is 0.668. The summed E-state index contributed by atoms with van der Waals surface area (Å²) in [6.45, 7) is 2.77. The summed E-state index contributed by atoms with van der Waals surface area (Å²) in [5.74, 6) is 1.72. The Morgan fingerprint density at radius 3 is 2.29 bits per heavy atom. The minimum atomic E-state index is -0.260. The summed E-state index contributed by atoms with van der Waals surface area (Å²) in [5, 5.41) is 7.59. The van der Waals surface area contributed by atoms with Gasteiger partial charge in [-0.3, -0.25) is 9.48 Å². The molecular formula is C27H26ClN3O3. The van der Waals surface area contributed by atoms with Gasteiger partial charge in [0.25, 0.3) is 5.91 Å².